The summed E-state index contributed by atoms with van der Waals surface area (Å²) in [6, 6.07) is 7.60. The molecule has 2 aromatic rings. The van der Waals surface area contributed by atoms with E-state index < -0.39 is 0 Å². The van der Waals surface area contributed by atoms with Crippen molar-refractivity contribution < 1.29 is 9.26 Å². The normalized spacial score (nSPS) is 10.6. The molecule has 0 bridgehead atoms. The summed E-state index contributed by atoms with van der Waals surface area (Å²) in [6.07, 6.45) is 0. The first-order chi connectivity index (χ1) is 7.70. The van der Waals surface area contributed by atoms with Crippen molar-refractivity contribution in [3.05, 3.63) is 34.3 Å². The number of benzene rings is 1. The Morgan fingerprint density at radius 3 is 2.88 bits per heavy atom. The first-order valence-corrected chi connectivity index (χ1v) is 5.50. The molecule has 0 amide bonds. The summed E-state index contributed by atoms with van der Waals surface area (Å²) >= 11 is 3.42. The summed E-state index contributed by atoms with van der Waals surface area (Å²) in [5, 5.41) is 3.89. The number of nitrogen functional groups attached to an aromatic ring is 1. The summed E-state index contributed by atoms with van der Waals surface area (Å²) in [7, 11) is 1.66. The summed E-state index contributed by atoms with van der Waals surface area (Å²) in [5.74, 6) is 0.304. The van der Waals surface area contributed by atoms with Crippen molar-refractivity contribution >= 4 is 21.8 Å². The monoisotopic (exact) mass is 282 g/mol. The third kappa shape index (κ3) is 2.25. The molecule has 0 radical (unpaired) electrons. The van der Waals surface area contributed by atoms with Gasteiger partial charge in [-0.25, -0.2) is 0 Å². The number of hydrogen-bond donors (Lipinski definition) is 1. The Bertz CT molecular complexity index is 496. The van der Waals surface area contributed by atoms with E-state index in [1.54, 1.807) is 13.2 Å². The second kappa shape index (κ2) is 4.67. The van der Waals surface area contributed by atoms with Crippen LogP contribution in [0.15, 0.2) is 33.3 Å². The van der Waals surface area contributed by atoms with E-state index in [9.17, 15) is 0 Å². The molecule has 0 spiro atoms. The zero-order valence-electron chi connectivity index (χ0n) is 8.74. The van der Waals surface area contributed by atoms with E-state index in [-0.39, 0.29) is 0 Å². The predicted octanol–water partition coefficient (Wildman–Crippen LogP) is 2.83. The van der Waals surface area contributed by atoms with Crippen LogP contribution in [0.2, 0.25) is 0 Å². The molecule has 0 fully saturated rings. The smallest absolute Gasteiger partial charge is 0.222 e. The second-order valence-electron chi connectivity index (χ2n) is 3.35. The van der Waals surface area contributed by atoms with Crippen LogP contribution in [0.3, 0.4) is 0 Å². The molecule has 0 saturated heterocycles. The van der Waals surface area contributed by atoms with E-state index in [2.05, 4.69) is 21.1 Å². The average molecular weight is 283 g/mol. The summed E-state index contributed by atoms with van der Waals surface area (Å²) < 4.78 is 11.0. The van der Waals surface area contributed by atoms with Crippen molar-refractivity contribution in [3.8, 4) is 11.3 Å². The van der Waals surface area contributed by atoms with Gasteiger partial charge in [0.15, 0.2) is 0 Å². The van der Waals surface area contributed by atoms with Gasteiger partial charge in [0.25, 0.3) is 0 Å². The SMILES string of the molecule is COCc1ccc(Br)cc1-c1cc(N)on1. The Hall–Kier alpha value is -1.33. The molecule has 16 heavy (non-hydrogen) atoms. The third-order valence-corrected chi connectivity index (χ3v) is 2.67. The van der Waals surface area contributed by atoms with Gasteiger partial charge < -0.3 is 15.0 Å². The van der Waals surface area contributed by atoms with E-state index >= 15 is 0 Å². The van der Waals surface area contributed by atoms with E-state index in [4.69, 9.17) is 15.0 Å². The molecule has 0 aliphatic carbocycles. The molecule has 1 aromatic heterocycles. The number of nitrogens with two attached hydrogens (primary N) is 1. The van der Waals surface area contributed by atoms with Crippen molar-refractivity contribution in [2.24, 2.45) is 0 Å². The number of aromatic nitrogens is 1. The van der Waals surface area contributed by atoms with Crippen LogP contribution in [0, 0.1) is 0 Å². The molecule has 1 aromatic carbocycles. The molecular weight excluding hydrogens is 272 g/mol. The van der Waals surface area contributed by atoms with Crippen molar-refractivity contribution in [2.75, 3.05) is 12.8 Å². The predicted molar refractivity (Wildman–Crippen MR) is 64.8 cm³/mol. The molecule has 0 unspecified atom stereocenters. The Kier molecular flexibility index (Phi) is 3.26. The topological polar surface area (TPSA) is 61.3 Å². The summed E-state index contributed by atoms with van der Waals surface area (Å²) in [4.78, 5) is 0. The van der Waals surface area contributed by atoms with Gasteiger partial charge >= 0.3 is 0 Å². The van der Waals surface area contributed by atoms with Crippen LogP contribution >= 0.6 is 15.9 Å². The zero-order valence-corrected chi connectivity index (χ0v) is 10.3. The van der Waals surface area contributed by atoms with Crippen molar-refractivity contribution in [1.29, 1.82) is 0 Å². The summed E-state index contributed by atoms with van der Waals surface area (Å²) in [5.41, 5.74) is 8.22. The van der Waals surface area contributed by atoms with Gasteiger partial charge in [-0.2, -0.15) is 0 Å². The number of nitrogens with zero attached hydrogens (tertiary/aromatic N) is 1. The van der Waals surface area contributed by atoms with Gasteiger partial charge in [-0.1, -0.05) is 27.2 Å². The van der Waals surface area contributed by atoms with Gasteiger partial charge in [0.1, 0.15) is 5.69 Å². The summed E-state index contributed by atoms with van der Waals surface area (Å²) in [6.45, 7) is 0.523. The largest absolute Gasteiger partial charge is 0.380 e. The number of methoxy groups -OCH3 is 1. The van der Waals surface area contributed by atoms with Gasteiger partial charge in [-0.15, -0.1) is 0 Å². The van der Waals surface area contributed by atoms with Crippen molar-refractivity contribution in [2.45, 2.75) is 6.61 Å². The first kappa shape index (κ1) is 11.2. The van der Waals surface area contributed by atoms with Crippen LogP contribution in [0.4, 0.5) is 5.88 Å². The molecule has 2 N–H and O–H groups in total. The van der Waals surface area contributed by atoms with Gasteiger partial charge in [-0.05, 0) is 17.7 Å². The maximum atomic E-state index is 5.51. The Labute approximate surface area is 102 Å². The molecule has 2 rings (SSSR count). The second-order valence-corrected chi connectivity index (χ2v) is 4.26. The van der Waals surface area contributed by atoms with Crippen molar-refractivity contribution in [3.63, 3.8) is 0 Å². The van der Waals surface area contributed by atoms with Crippen LogP contribution < -0.4 is 5.73 Å². The Balaban J connectivity index is 2.48. The standard InChI is InChI=1S/C11H11BrN2O2/c1-15-6-7-2-3-8(12)4-9(7)10-5-11(13)16-14-10/h2-5H,6,13H2,1H3. The minimum atomic E-state index is 0.304. The molecule has 0 atom stereocenters. The van der Waals surface area contributed by atoms with Gasteiger partial charge in [0.2, 0.25) is 5.88 Å². The van der Waals surface area contributed by atoms with Crippen LogP contribution in [0.25, 0.3) is 11.3 Å². The molecule has 4 nitrogen and oxygen atoms in total. The maximum Gasteiger partial charge on any atom is 0.222 e. The molecule has 0 aliphatic heterocycles. The number of anilines is 1. The Morgan fingerprint density at radius 2 is 2.25 bits per heavy atom. The highest BCUT2D eigenvalue weighted by atomic mass is 79.9. The molecule has 5 heteroatoms. The maximum absolute atomic E-state index is 5.51. The molecule has 0 aliphatic rings. The van der Waals surface area contributed by atoms with Gasteiger partial charge in [0, 0.05) is 23.2 Å². The third-order valence-electron chi connectivity index (χ3n) is 2.18. The average Bonchev–Trinajstić information content (AvgIpc) is 2.68. The lowest BCUT2D eigenvalue weighted by Crippen LogP contribution is -1.92. The number of halogens is 1. The lowest BCUT2D eigenvalue weighted by molar-refractivity contribution is 0.185. The highest BCUT2D eigenvalue weighted by molar-refractivity contribution is 9.10. The Morgan fingerprint density at radius 1 is 1.44 bits per heavy atom. The zero-order chi connectivity index (χ0) is 11.5. The van der Waals surface area contributed by atoms with Gasteiger partial charge in [-0.3, -0.25) is 0 Å². The molecular formula is C11H11BrN2O2. The number of hydrogen-bond acceptors (Lipinski definition) is 4. The molecule has 1 heterocycles. The van der Waals surface area contributed by atoms with Crippen LogP contribution in [-0.2, 0) is 11.3 Å². The number of rotatable bonds is 3. The van der Waals surface area contributed by atoms with E-state index in [1.807, 2.05) is 18.2 Å². The molecule has 84 valence electrons. The fourth-order valence-electron chi connectivity index (χ4n) is 1.48. The highest BCUT2D eigenvalue weighted by Crippen LogP contribution is 2.28. The quantitative estimate of drug-likeness (QED) is 0.940. The van der Waals surface area contributed by atoms with E-state index in [1.165, 1.54) is 0 Å². The van der Waals surface area contributed by atoms with Gasteiger partial charge in [0.05, 0.1) is 6.61 Å². The van der Waals surface area contributed by atoms with E-state index in [0.717, 1.165) is 15.6 Å². The molecule has 0 saturated carbocycles. The highest BCUT2D eigenvalue weighted by Gasteiger charge is 2.10. The fourth-order valence-corrected chi connectivity index (χ4v) is 1.85. The minimum Gasteiger partial charge on any atom is -0.380 e. The lowest BCUT2D eigenvalue weighted by Gasteiger charge is -2.06. The van der Waals surface area contributed by atoms with Crippen LogP contribution in [0.5, 0.6) is 0 Å². The van der Waals surface area contributed by atoms with E-state index in [0.29, 0.717) is 18.2 Å². The van der Waals surface area contributed by atoms with Crippen LogP contribution in [0.1, 0.15) is 5.56 Å². The minimum absolute atomic E-state index is 0.304. The first-order valence-electron chi connectivity index (χ1n) is 4.70. The fraction of sp³-hybridized carbons (Fsp3) is 0.182. The lowest BCUT2D eigenvalue weighted by atomic mass is 10.1. The van der Waals surface area contributed by atoms with Crippen LogP contribution in [-0.4, -0.2) is 12.3 Å². The number of ether oxygens (including phenoxy) is 1. The van der Waals surface area contributed by atoms with Crippen molar-refractivity contribution in [1.82, 2.24) is 5.16 Å².